The number of aromatic nitrogens is 1. The van der Waals surface area contributed by atoms with Gasteiger partial charge < -0.3 is 14.8 Å². The van der Waals surface area contributed by atoms with Crippen molar-refractivity contribution in [2.75, 3.05) is 20.8 Å². The van der Waals surface area contributed by atoms with Crippen LogP contribution < -0.4 is 5.32 Å². The Bertz CT molecular complexity index is 338. The number of carbonyl (C=O) groups is 1. The van der Waals surface area contributed by atoms with Gasteiger partial charge in [-0.1, -0.05) is 0 Å². The van der Waals surface area contributed by atoms with Crippen molar-refractivity contribution in [3.05, 3.63) is 27.6 Å². The van der Waals surface area contributed by atoms with Gasteiger partial charge in [-0.25, -0.2) is 4.98 Å². The number of ether oxygens (including phenoxy) is 2. The van der Waals surface area contributed by atoms with Crippen LogP contribution in [0.2, 0.25) is 0 Å². The summed E-state index contributed by atoms with van der Waals surface area (Å²) in [7, 11) is 3.03. The Morgan fingerprint density at radius 2 is 2.19 bits per heavy atom. The molecule has 0 atom stereocenters. The minimum absolute atomic E-state index is 0.240. The first-order chi connectivity index (χ1) is 7.67. The lowest BCUT2D eigenvalue weighted by Gasteiger charge is -2.13. The minimum atomic E-state index is -0.437. The van der Waals surface area contributed by atoms with Crippen molar-refractivity contribution < 1.29 is 14.3 Å². The maximum Gasteiger partial charge on any atom is 0.270 e. The van der Waals surface area contributed by atoms with Gasteiger partial charge in [-0.3, -0.25) is 4.79 Å². The smallest absolute Gasteiger partial charge is 0.270 e. The second-order valence-corrected chi connectivity index (χ2v) is 4.22. The molecule has 0 spiro atoms. The average molecular weight is 336 g/mol. The van der Waals surface area contributed by atoms with E-state index in [1.165, 1.54) is 14.2 Å². The third-order valence-electron chi connectivity index (χ3n) is 1.92. The first-order valence-corrected chi connectivity index (χ1v) is 5.70. The van der Waals surface area contributed by atoms with Crippen LogP contribution in [0.3, 0.4) is 0 Å². The lowest BCUT2D eigenvalue weighted by Crippen LogP contribution is -2.34. The zero-order valence-corrected chi connectivity index (χ0v) is 11.2. The number of amides is 1. The molecule has 0 aliphatic rings. The zero-order chi connectivity index (χ0) is 12.0. The molecule has 16 heavy (non-hydrogen) atoms. The van der Waals surface area contributed by atoms with Crippen LogP contribution in [0, 0.1) is 3.57 Å². The summed E-state index contributed by atoms with van der Waals surface area (Å²) in [5.74, 6) is -0.240. The van der Waals surface area contributed by atoms with E-state index < -0.39 is 6.29 Å². The Balaban J connectivity index is 2.49. The molecule has 1 N–H and O–H groups in total. The van der Waals surface area contributed by atoms with Gasteiger partial charge in [-0.2, -0.15) is 0 Å². The Kier molecular flexibility index (Phi) is 5.64. The van der Waals surface area contributed by atoms with Gasteiger partial charge in [-0.15, -0.1) is 0 Å². The molecule has 1 heterocycles. The van der Waals surface area contributed by atoms with E-state index in [0.29, 0.717) is 12.2 Å². The molecule has 0 aliphatic heterocycles. The number of carbonyl (C=O) groups excluding carboxylic acids is 1. The highest BCUT2D eigenvalue weighted by atomic mass is 127. The third-order valence-corrected chi connectivity index (χ3v) is 2.55. The molecule has 1 aromatic heterocycles. The maximum absolute atomic E-state index is 11.6. The predicted octanol–water partition coefficient (Wildman–Crippen LogP) is 1.03. The summed E-state index contributed by atoms with van der Waals surface area (Å²) in [5.41, 5.74) is 0.381. The van der Waals surface area contributed by atoms with Gasteiger partial charge in [0, 0.05) is 24.0 Å². The molecule has 1 amide bonds. The van der Waals surface area contributed by atoms with E-state index in [4.69, 9.17) is 9.47 Å². The minimum Gasteiger partial charge on any atom is -0.354 e. The number of nitrogens with zero attached hydrogens (tertiary/aromatic N) is 1. The fourth-order valence-corrected chi connectivity index (χ4v) is 1.36. The lowest BCUT2D eigenvalue weighted by atomic mass is 10.3. The van der Waals surface area contributed by atoms with Crippen LogP contribution >= 0.6 is 22.6 Å². The molecule has 0 fully saturated rings. The first-order valence-electron chi connectivity index (χ1n) is 4.62. The molecule has 0 aromatic carbocycles. The van der Waals surface area contributed by atoms with Crippen LogP contribution in [0.15, 0.2) is 18.3 Å². The summed E-state index contributed by atoms with van der Waals surface area (Å²) in [6.45, 7) is 0.291. The van der Waals surface area contributed by atoms with Gasteiger partial charge in [0.15, 0.2) is 6.29 Å². The summed E-state index contributed by atoms with van der Waals surface area (Å²) < 4.78 is 10.9. The molecule has 88 valence electrons. The fourth-order valence-electron chi connectivity index (χ4n) is 1.04. The summed E-state index contributed by atoms with van der Waals surface area (Å²) in [6, 6.07) is 3.50. The third kappa shape index (κ3) is 4.03. The van der Waals surface area contributed by atoms with E-state index in [-0.39, 0.29) is 5.91 Å². The number of hydrogen-bond acceptors (Lipinski definition) is 4. The van der Waals surface area contributed by atoms with Crippen LogP contribution in [0.25, 0.3) is 0 Å². The van der Waals surface area contributed by atoms with Crippen LogP contribution in [0.5, 0.6) is 0 Å². The topological polar surface area (TPSA) is 60.5 Å². The Labute approximate surface area is 108 Å². The Hall–Kier alpha value is -0.730. The molecule has 0 bridgehead atoms. The zero-order valence-electron chi connectivity index (χ0n) is 9.07. The van der Waals surface area contributed by atoms with Gasteiger partial charge in [0.05, 0.1) is 6.54 Å². The van der Waals surface area contributed by atoms with Gasteiger partial charge in [0.1, 0.15) is 5.69 Å². The first kappa shape index (κ1) is 13.3. The largest absolute Gasteiger partial charge is 0.354 e. The molecule has 0 radical (unpaired) electrons. The van der Waals surface area contributed by atoms with E-state index in [9.17, 15) is 4.79 Å². The molecule has 0 unspecified atom stereocenters. The van der Waals surface area contributed by atoms with E-state index >= 15 is 0 Å². The molecule has 0 saturated carbocycles. The maximum atomic E-state index is 11.6. The summed E-state index contributed by atoms with van der Waals surface area (Å²) in [4.78, 5) is 15.6. The molecule has 6 heteroatoms. The van der Waals surface area contributed by atoms with Crippen molar-refractivity contribution in [1.82, 2.24) is 10.3 Å². The van der Waals surface area contributed by atoms with E-state index in [1.54, 1.807) is 12.3 Å². The van der Waals surface area contributed by atoms with Crippen molar-refractivity contribution in [3.63, 3.8) is 0 Å². The summed E-state index contributed by atoms with van der Waals surface area (Å²) in [6.07, 6.45) is 1.20. The highest BCUT2D eigenvalue weighted by Crippen LogP contribution is 2.03. The number of pyridine rings is 1. The van der Waals surface area contributed by atoms with Crippen molar-refractivity contribution in [2.45, 2.75) is 6.29 Å². The molecule has 0 saturated heterocycles. The van der Waals surface area contributed by atoms with Gasteiger partial charge in [0.25, 0.3) is 5.91 Å². The summed E-state index contributed by atoms with van der Waals surface area (Å²) in [5, 5.41) is 2.67. The highest BCUT2D eigenvalue weighted by Gasteiger charge is 2.10. The van der Waals surface area contributed by atoms with Gasteiger partial charge in [-0.05, 0) is 34.7 Å². The second kappa shape index (κ2) is 6.77. The monoisotopic (exact) mass is 336 g/mol. The second-order valence-electron chi connectivity index (χ2n) is 2.97. The average Bonchev–Trinajstić information content (AvgIpc) is 2.31. The normalized spacial score (nSPS) is 10.5. The molecule has 0 aliphatic carbocycles. The van der Waals surface area contributed by atoms with E-state index in [0.717, 1.165) is 3.57 Å². The van der Waals surface area contributed by atoms with E-state index in [2.05, 4.69) is 32.9 Å². The van der Waals surface area contributed by atoms with Gasteiger partial charge in [0.2, 0.25) is 0 Å². The Morgan fingerprint density at radius 3 is 2.69 bits per heavy atom. The van der Waals surface area contributed by atoms with Crippen molar-refractivity contribution in [1.29, 1.82) is 0 Å². The standard InChI is InChI=1S/C10H13IN2O3/c1-15-9(16-2)6-13-10(14)8-4-3-7(11)5-12-8/h3-5,9H,6H2,1-2H3,(H,13,14). The highest BCUT2D eigenvalue weighted by molar-refractivity contribution is 14.1. The molecule has 5 nitrogen and oxygen atoms in total. The summed E-state index contributed by atoms with van der Waals surface area (Å²) >= 11 is 2.13. The number of halogens is 1. The number of nitrogens with one attached hydrogen (secondary N) is 1. The van der Waals surface area contributed by atoms with Crippen LogP contribution in [0.4, 0.5) is 0 Å². The number of rotatable bonds is 5. The van der Waals surface area contributed by atoms with Gasteiger partial charge >= 0.3 is 0 Å². The SMILES string of the molecule is COC(CNC(=O)c1ccc(I)cn1)OC. The van der Waals surface area contributed by atoms with Crippen LogP contribution in [-0.2, 0) is 9.47 Å². The van der Waals surface area contributed by atoms with Crippen molar-refractivity contribution in [2.24, 2.45) is 0 Å². The Morgan fingerprint density at radius 1 is 1.50 bits per heavy atom. The van der Waals surface area contributed by atoms with E-state index in [1.807, 2.05) is 6.07 Å². The molecule has 1 aromatic rings. The lowest BCUT2D eigenvalue weighted by molar-refractivity contribution is -0.0974. The molecular formula is C10H13IN2O3. The number of methoxy groups -OCH3 is 2. The number of hydrogen-bond donors (Lipinski definition) is 1. The molecule has 1 rings (SSSR count). The quantitative estimate of drug-likeness (QED) is 0.645. The van der Waals surface area contributed by atoms with Crippen LogP contribution in [-0.4, -0.2) is 37.9 Å². The fraction of sp³-hybridized carbons (Fsp3) is 0.400. The predicted molar refractivity (Wildman–Crippen MR) is 67.1 cm³/mol. The molecular weight excluding hydrogens is 323 g/mol. The van der Waals surface area contributed by atoms with Crippen molar-refractivity contribution in [3.8, 4) is 0 Å². The van der Waals surface area contributed by atoms with Crippen LogP contribution in [0.1, 0.15) is 10.5 Å². The van der Waals surface area contributed by atoms with Crippen molar-refractivity contribution >= 4 is 28.5 Å².